The van der Waals surface area contributed by atoms with E-state index in [1.54, 1.807) is 0 Å². The van der Waals surface area contributed by atoms with Crippen LogP contribution >= 0.6 is 0 Å². The van der Waals surface area contributed by atoms with Gasteiger partial charge in [0.25, 0.3) is 0 Å². The van der Waals surface area contributed by atoms with Gasteiger partial charge >= 0.3 is 0 Å². The Morgan fingerprint density at radius 2 is 2.00 bits per heavy atom. The number of benzene rings is 1. The fraction of sp³-hybridized carbons (Fsp3) is 0.438. The molecule has 2 aromatic rings. The molecule has 1 heterocycles. The first-order valence-corrected chi connectivity index (χ1v) is 6.82. The van der Waals surface area contributed by atoms with Gasteiger partial charge in [-0.15, -0.1) is 0 Å². The molecule has 0 radical (unpaired) electrons. The van der Waals surface area contributed by atoms with Gasteiger partial charge < -0.3 is 9.88 Å². The predicted molar refractivity (Wildman–Crippen MR) is 79.1 cm³/mol. The number of rotatable bonds is 4. The number of carbonyl (C=O) groups is 1. The van der Waals surface area contributed by atoms with E-state index in [1.165, 1.54) is 10.9 Å². The van der Waals surface area contributed by atoms with Gasteiger partial charge in [-0.1, -0.05) is 25.5 Å². The summed E-state index contributed by atoms with van der Waals surface area (Å²) in [6.45, 7) is 8.72. The van der Waals surface area contributed by atoms with Crippen LogP contribution in [0.5, 0.6) is 0 Å². The zero-order valence-corrected chi connectivity index (χ0v) is 12.1. The van der Waals surface area contributed by atoms with Crippen molar-refractivity contribution in [2.45, 2.75) is 40.3 Å². The molecule has 1 unspecified atom stereocenters. The second kappa shape index (κ2) is 5.47. The van der Waals surface area contributed by atoms with Crippen molar-refractivity contribution in [3.05, 3.63) is 36.0 Å². The largest absolute Gasteiger partial charge is 0.352 e. The van der Waals surface area contributed by atoms with E-state index in [-0.39, 0.29) is 11.9 Å². The molecule has 19 heavy (non-hydrogen) atoms. The second-order valence-corrected chi connectivity index (χ2v) is 5.61. The summed E-state index contributed by atoms with van der Waals surface area (Å²) in [6, 6.07) is 8.55. The normalized spacial score (nSPS) is 12.9. The molecule has 2 rings (SSSR count). The van der Waals surface area contributed by atoms with Crippen LogP contribution in [-0.4, -0.2) is 16.5 Å². The van der Waals surface area contributed by atoms with Crippen LogP contribution in [0.4, 0.5) is 0 Å². The van der Waals surface area contributed by atoms with Crippen molar-refractivity contribution in [2.24, 2.45) is 5.92 Å². The first-order valence-electron chi connectivity index (χ1n) is 6.82. The maximum atomic E-state index is 12.0. The van der Waals surface area contributed by atoms with Gasteiger partial charge in [0, 0.05) is 17.8 Å². The summed E-state index contributed by atoms with van der Waals surface area (Å²) < 4.78 is 2.00. The molecule has 0 aliphatic heterocycles. The summed E-state index contributed by atoms with van der Waals surface area (Å²) >= 11 is 0. The number of nitrogens with zero attached hydrogens (tertiary/aromatic N) is 1. The number of aryl methyl sites for hydroxylation is 1. The van der Waals surface area contributed by atoms with Crippen molar-refractivity contribution in [3.8, 4) is 0 Å². The van der Waals surface area contributed by atoms with Gasteiger partial charge in [0.2, 0.25) is 5.91 Å². The number of hydrogen-bond donors (Lipinski definition) is 1. The summed E-state index contributed by atoms with van der Waals surface area (Å²) in [5, 5.41) is 4.22. The molecule has 0 aliphatic carbocycles. The van der Waals surface area contributed by atoms with Crippen LogP contribution in [0, 0.1) is 12.8 Å². The third-order valence-corrected chi connectivity index (χ3v) is 3.63. The number of fused-ring (bicyclic) bond motifs is 1. The maximum absolute atomic E-state index is 12.0. The Labute approximate surface area is 114 Å². The highest BCUT2D eigenvalue weighted by Gasteiger charge is 2.11. The lowest BCUT2D eigenvalue weighted by molar-refractivity contribution is -0.122. The van der Waals surface area contributed by atoms with Crippen LogP contribution in [0.25, 0.3) is 10.9 Å². The topological polar surface area (TPSA) is 34.0 Å². The quantitative estimate of drug-likeness (QED) is 0.898. The second-order valence-electron chi connectivity index (χ2n) is 5.61. The van der Waals surface area contributed by atoms with Gasteiger partial charge in [0.05, 0.1) is 0 Å². The van der Waals surface area contributed by atoms with Gasteiger partial charge in [-0.25, -0.2) is 0 Å². The monoisotopic (exact) mass is 258 g/mol. The zero-order valence-electron chi connectivity index (χ0n) is 12.1. The predicted octanol–water partition coefficient (Wildman–Crippen LogP) is 3.11. The van der Waals surface area contributed by atoms with E-state index in [4.69, 9.17) is 0 Å². The number of amides is 1. The third kappa shape index (κ3) is 3.16. The summed E-state index contributed by atoms with van der Waals surface area (Å²) in [4.78, 5) is 12.0. The molecule has 1 N–H and O–H groups in total. The van der Waals surface area contributed by atoms with Crippen molar-refractivity contribution in [1.29, 1.82) is 0 Å². The molecule has 1 aromatic heterocycles. The molecule has 0 aliphatic rings. The first kappa shape index (κ1) is 13.7. The highest BCUT2D eigenvalue weighted by molar-refractivity contribution is 5.83. The van der Waals surface area contributed by atoms with E-state index < -0.39 is 0 Å². The molecule has 0 fully saturated rings. The number of carbonyl (C=O) groups excluding carboxylic acids is 1. The van der Waals surface area contributed by atoms with Crippen molar-refractivity contribution >= 4 is 16.8 Å². The molecular formula is C16H22N2O. The lowest BCUT2D eigenvalue weighted by Gasteiger charge is -2.17. The van der Waals surface area contributed by atoms with Gasteiger partial charge in [-0.2, -0.15) is 0 Å². The van der Waals surface area contributed by atoms with E-state index in [0.29, 0.717) is 12.5 Å². The number of aromatic nitrogens is 1. The Morgan fingerprint density at radius 1 is 1.26 bits per heavy atom. The van der Waals surface area contributed by atoms with Gasteiger partial charge in [-0.3, -0.25) is 4.79 Å². The minimum atomic E-state index is 0.0688. The van der Waals surface area contributed by atoms with Crippen molar-refractivity contribution in [2.75, 3.05) is 0 Å². The molecule has 0 saturated carbocycles. The van der Waals surface area contributed by atoms with E-state index in [0.717, 1.165) is 5.52 Å². The summed E-state index contributed by atoms with van der Waals surface area (Å²) in [5.41, 5.74) is 2.35. The average molecular weight is 258 g/mol. The van der Waals surface area contributed by atoms with Crippen LogP contribution in [0.15, 0.2) is 30.5 Å². The van der Waals surface area contributed by atoms with E-state index in [2.05, 4.69) is 50.4 Å². The van der Waals surface area contributed by atoms with Gasteiger partial charge in [-0.05, 0) is 43.4 Å². The molecule has 0 bridgehead atoms. The molecule has 102 valence electrons. The smallest absolute Gasteiger partial charge is 0.240 e. The summed E-state index contributed by atoms with van der Waals surface area (Å²) in [6.07, 6.45) is 1.98. The van der Waals surface area contributed by atoms with Crippen molar-refractivity contribution in [1.82, 2.24) is 9.88 Å². The Kier molecular flexibility index (Phi) is 3.93. The number of nitrogens with one attached hydrogen (secondary N) is 1. The highest BCUT2D eigenvalue weighted by atomic mass is 16.2. The fourth-order valence-corrected chi connectivity index (χ4v) is 2.08. The zero-order chi connectivity index (χ0) is 14.0. The minimum Gasteiger partial charge on any atom is -0.352 e. The Hall–Kier alpha value is -1.77. The average Bonchev–Trinajstić information content (AvgIpc) is 2.71. The molecule has 1 aromatic carbocycles. The number of hydrogen-bond acceptors (Lipinski definition) is 1. The molecule has 1 amide bonds. The van der Waals surface area contributed by atoms with Gasteiger partial charge in [0.1, 0.15) is 6.54 Å². The van der Waals surface area contributed by atoms with E-state index in [9.17, 15) is 4.79 Å². The van der Waals surface area contributed by atoms with Crippen LogP contribution in [0.2, 0.25) is 0 Å². The lowest BCUT2D eigenvalue weighted by Crippen LogP contribution is -2.38. The highest BCUT2D eigenvalue weighted by Crippen LogP contribution is 2.17. The molecule has 3 heteroatoms. The van der Waals surface area contributed by atoms with E-state index >= 15 is 0 Å². The summed E-state index contributed by atoms with van der Waals surface area (Å²) in [5.74, 6) is 0.521. The van der Waals surface area contributed by atoms with Crippen LogP contribution < -0.4 is 5.32 Å². The molecular weight excluding hydrogens is 236 g/mol. The minimum absolute atomic E-state index is 0.0688. The maximum Gasteiger partial charge on any atom is 0.240 e. The molecule has 0 saturated heterocycles. The Morgan fingerprint density at radius 3 is 2.68 bits per heavy atom. The fourth-order valence-electron chi connectivity index (χ4n) is 2.08. The van der Waals surface area contributed by atoms with E-state index in [1.807, 2.05) is 17.7 Å². The van der Waals surface area contributed by atoms with Crippen LogP contribution in [-0.2, 0) is 11.3 Å². The first-order chi connectivity index (χ1) is 8.97. The SMILES string of the molecule is Cc1ccc2c(ccn2CC(=O)NC(C)C(C)C)c1. The molecule has 1 atom stereocenters. The third-order valence-electron chi connectivity index (χ3n) is 3.63. The Bertz CT molecular complexity index is 583. The van der Waals surface area contributed by atoms with Crippen molar-refractivity contribution < 1.29 is 4.79 Å². The molecule has 0 spiro atoms. The lowest BCUT2D eigenvalue weighted by atomic mass is 10.1. The van der Waals surface area contributed by atoms with Crippen LogP contribution in [0.1, 0.15) is 26.3 Å². The standard InChI is InChI=1S/C16H22N2O/c1-11(2)13(4)17-16(19)10-18-8-7-14-9-12(3)5-6-15(14)18/h5-9,11,13H,10H2,1-4H3,(H,17,19). The van der Waals surface area contributed by atoms with Crippen molar-refractivity contribution in [3.63, 3.8) is 0 Å². The Balaban J connectivity index is 2.11. The van der Waals surface area contributed by atoms with Gasteiger partial charge in [0.15, 0.2) is 0 Å². The summed E-state index contributed by atoms with van der Waals surface area (Å²) in [7, 11) is 0. The van der Waals surface area contributed by atoms with Crippen LogP contribution in [0.3, 0.4) is 0 Å². The molecule has 3 nitrogen and oxygen atoms in total.